The van der Waals surface area contributed by atoms with E-state index in [1.54, 1.807) is 12.1 Å². The molecule has 1 heterocycles. The van der Waals surface area contributed by atoms with Crippen molar-refractivity contribution in [3.8, 4) is 11.5 Å². The van der Waals surface area contributed by atoms with Crippen molar-refractivity contribution in [2.75, 3.05) is 19.6 Å². The van der Waals surface area contributed by atoms with Gasteiger partial charge in [-0.1, -0.05) is 18.5 Å². The fourth-order valence-electron chi connectivity index (χ4n) is 1.93. The van der Waals surface area contributed by atoms with Gasteiger partial charge in [0.15, 0.2) is 0 Å². The van der Waals surface area contributed by atoms with E-state index in [1.807, 2.05) is 12.1 Å². The Bertz CT molecular complexity index is 596. The maximum atomic E-state index is 11.8. The fraction of sp³-hybridized carbons (Fsp3) is 0.375. The number of rotatable bonds is 8. The molecule has 0 aliphatic heterocycles. The van der Waals surface area contributed by atoms with Crippen molar-refractivity contribution in [1.29, 1.82) is 0 Å². The minimum absolute atomic E-state index is 0.0609. The summed E-state index contributed by atoms with van der Waals surface area (Å²) in [6.07, 6.45) is 2.81. The average molecular weight is 322 g/mol. The highest BCUT2D eigenvalue weighted by molar-refractivity contribution is 6.30. The number of oxazole rings is 1. The molecule has 5 nitrogen and oxygen atoms in total. The highest BCUT2D eigenvalue weighted by Crippen LogP contribution is 2.20. The molecule has 22 heavy (non-hydrogen) atoms. The number of hydrogen-bond donors (Lipinski definition) is 2. The van der Waals surface area contributed by atoms with Crippen molar-refractivity contribution in [3.05, 3.63) is 41.2 Å². The molecule has 0 radical (unpaired) electrons. The van der Waals surface area contributed by atoms with E-state index in [4.69, 9.17) is 16.0 Å². The van der Waals surface area contributed by atoms with Gasteiger partial charge in [0.2, 0.25) is 11.8 Å². The maximum Gasteiger partial charge on any atom is 0.226 e. The van der Waals surface area contributed by atoms with Crippen LogP contribution in [0.4, 0.5) is 0 Å². The first kappa shape index (κ1) is 16.5. The first-order chi connectivity index (χ1) is 10.7. The zero-order valence-corrected chi connectivity index (χ0v) is 13.3. The minimum Gasteiger partial charge on any atom is -0.444 e. The fourth-order valence-corrected chi connectivity index (χ4v) is 2.06. The van der Waals surface area contributed by atoms with Crippen molar-refractivity contribution >= 4 is 17.5 Å². The molecule has 0 aliphatic rings. The van der Waals surface area contributed by atoms with Crippen LogP contribution < -0.4 is 10.6 Å². The quantitative estimate of drug-likeness (QED) is 0.734. The number of hydrogen-bond acceptors (Lipinski definition) is 4. The van der Waals surface area contributed by atoms with E-state index >= 15 is 0 Å². The van der Waals surface area contributed by atoms with Crippen molar-refractivity contribution in [2.24, 2.45) is 0 Å². The molecule has 0 saturated carbocycles. The third-order valence-corrected chi connectivity index (χ3v) is 3.29. The standard InChI is InChI=1S/C16H20ClN3O2/c1-2-7-18-8-9-19-15(21)10-14-11-22-16(20-14)12-3-5-13(17)6-4-12/h3-6,11,18H,2,7-10H2,1H3,(H,19,21). The third kappa shape index (κ3) is 5.16. The second kappa shape index (κ2) is 8.56. The summed E-state index contributed by atoms with van der Waals surface area (Å²) >= 11 is 5.84. The van der Waals surface area contributed by atoms with Crippen LogP contribution >= 0.6 is 11.6 Å². The largest absolute Gasteiger partial charge is 0.444 e. The molecule has 1 aromatic heterocycles. The molecule has 0 saturated heterocycles. The summed E-state index contributed by atoms with van der Waals surface area (Å²) < 4.78 is 5.40. The van der Waals surface area contributed by atoms with Crippen molar-refractivity contribution < 1.29 is 9.21 Å². The molecular weight excluding hydrogens is 302 g/mol. The Balaban J connectivity index is 1.81. The molecule has 2 N–H and O–H groups in total. The van der Waals surface area contributed by atoms with E-state index in [0.717, 1.165) is 25.1 Å². The van der Waals surface area contributed by atoms with Gasteiger partial charge >= 0.3 is 0 Å². The molecule has 1 amide bonds. The molecule has 118 valence electrons. The molecule has 1 aromatic carbocycles. The summed E-state index contributed by atoms with van der Waals surface area (Å²) in [6.45, 7) is 4.45. The summed E-state index contributed by atoms with van der Waals surface area (Å²) in [5.74, 6) is 0.429. The van der Waals surface area contributed by atoms with Crippen molar-refractivity contribution in [3.63, 3.8) is 0 Å². The molecular formula is C16H20ClN3O2. The lowest BCUT2D eigenvalue weighted by Gasteiger charge is -2.04. The molecule has 0 aliphatic carbocycles. The van der Waals surface area contributed by atoms with Gasteiger partial charge in [-0.25, -0.2) is 4.98 Å². The van der Waals surface area contributed by atoms with E-state index in [-0.39, 0.29) is 12.3 Å². The number of carbonyl (C=O) groups excluding carboxylic acids is 1. The number of benzene rings is 1. The van der Waals surface area contributed by atoms with E-state index in [0.29, 0.717) is 23.2 Å². The number of carbonyl (C=O) groups is 1. The topological polar surface area (TPSA) is 67.2 Å². The Morgan fingerprint density at radius 1 is 1.23 bits per heavy atom. The summed E-state index contributed by atoms with van der Waals surface area (Å²) in [6, 6.07) is 7.21. The number of amides is 1. The summed E-state index contributed by atoms with van der Waals surface area (Å²) in [5, 5.41) is 6.73. The van der Waals surface area contributed by atoms with Crippen LogP contribution in [0.15, 0.2) is 34.9 Å². The molecule has 0 atom stereocenters. The lowest BCUT2D eigenvalue weighted by Crippen LogP contribution is -2.33. The highest BCUT2D eigenvalue weighted by atomic mass is 35.5. The van der Waals surface area contributed by atoms with Crippen LogP contribution in [0.2, 0.25) is 5.02 Å². The molecule has 2 rings (SSSR count). The first-order valence-corrected chi connectivity index (χ1v) is 7.74. The average Bonchev–Trinajstić information content (AvgIpc) is 2.96. The minimum atomic E-state index is -0.0609. The summed E-state index contributed by atoms with van der Waals surface area (Å²) in [5.41, 5.74) is 1.45. The zero-order chi connectivity index (χ0) is 15.8. The van der Waals surface area contributed by atoms with Gasteiger partial charge in [-0.2, -0.15) is 0 Å². The van der Waals surface area contributed by atoms with Gasteiger partial charge in [-0.3, -0.25) is 4.79 Å². The third-order valence-electron chi connectivity index (χ3n) is 3.04. The molecule has 0 unspecified atom stereocenters. The van der Waals surface area contributed by atoms with E-state index in [2.05, 4.69) is 22.5 Å². The molecule has 2 aromatic rings. The predicted molar refractivity (Wildman–Crippen MR) is 86.8 cm³/mol. The summed E-state index contributed by atoms with van der Waals surface area (Å²) in [7, 11) is 0. The van der Waals surface area contributed by atoms with Crippen LogP contribution in [0, 0.1) is 0 Å². The zero-order valence-electron chi connectivity index (χ0n) is 12.6. The van der Waals surface area contributed by atoms with Crippen molar-refractivity contribution in [1.82, 2.24) is 15.6 Å². The predicted octanol–water partition coefficient (Wildman–Crippen LogP) is 2.65. The van der Waals surface area contributed by atoms with Crippen LogP contribution in [-0.2, 0) is 11.2 Å². The van der Waals surface area contributed by atoms with Crippen LogP contribution in [0.3, 0.4) is 0 Å². The van der Waals surface area contributed by atoms with Crippen LogP contribution in [0.1, 0.15) is 19.0 Å². The smallest absolute Gasteiger partial charge is 0.226 e. The van der Waals surface area contributed by atoms with Gasteiger partial charge in [0.25, 0.3) is 0 Å². The molecule has 0 fully saturated rings. The summed E-state index contributed by atoms with van der Waals surface area (Å²) in [4.78, 5) is 16.1. The lowest BCUT2D eigenvalue weighted by molar-refractivity contribution is -0.120. The SMILES string of the molecule is CCCNCCNC(=O)Cc1coc(-c2ccc(Cl)cc2)n1. The highest BCUT2D eigenvalue weighted by Gasteiger charge is 2.10. The van der Waals surface area contributed by atoms with Gasteiger partial charge in [-0.15, -0.1) is 0 Å². The number of aromatic nitrogens is 1. The van der Waals surface area contributed by atoms with Gasteiger partial charge in [0.05, 0.1) is 12.1 Å². The molecule has 6 heteroatoms. The van der Waals surface area contributed by atoms with Crippen LogP contribution in [0.5, 0.6) is 0 Å². The molecule has 0 spiro atoms. The normalized spacial score (nSPS) is 10.6. The lowest BCUT2D eigenvalue weighted by atomic mass is 10.2. The van der Waals surface area contributed by atoms with E-state index in [1.165, 1.54) is 6.26 Å². The van der Waals surface area contributed by atoms with Gasteiger partial charge < -0.3 is 15.1 Å². The Kier molecular flexibility index (Phi) is 6.43. The van der Waals surface area contributed by atoms with Gasteiger partial charge in [-0.05, 0) is 37.2 Å². The van der Waals surface area contributed by atoms with Crippen LogP contribution in [-0.4, -0.2) is 30.5 Å². The van der Waals surface area contributed by atoms with Crippen molar-refractivity contribution in [2.45, 2.75) is 19.8 Å². The Labute approximate surface area is 135 Å². The van der Waals surface area contributed by atoms with Crippen LogP contribution in [0.25, 0.3) is 11.5 Å². The Hall–Kier alpha value is -1.85. The molecule has 0 bridgehead atoms. The second-order valence-corrected chi connectivity index (χ2v) is 5.36. The Morgan fingerprint density at radius 2 is 2.00 bits per heavy atom. The number of halogens is 1. The first-order valence-electron chi connectivity index (χ1n) is 7.37. The van der Waals surface area contributed by atoms with E-state index in [9.17, 15) is 4.79 Å². The number of nitrogens with zero attached hydrogens (tertiary/aromatic N) is 1. The van der Waals surface area contributed by atoms with E-state index < -0.39 is 0 Å². The monoisotopic (exact) mass is 321 g/mol. The Morgan fingerprint density at radius 3 is 2.73 bits per heavy atom. The maximum absolute atomic E-state index is 11.8. The van der Waals surface area contributed by atoms with Gasteiger partial charge in [0.1, 0.15) is 6.26 Å². The number of nitrogens with one attached hydrogen (secondary N) is 2. The van der Waals surface area contributed by atoms with Gasteiger partial charge in [0, 0.05) is 23.7 Å². The second-order valence-electron chi connectivity index (χ2n) is 4.93.